The Bertz CT molecular complexity index is 772. The van der Waals surface area contributed by atoms with E-state index < -0.39 is 0 Å². The summed E-state index contributed by atoms with van der Waals surface area (Å²) in [6, 6.07) is 9.21. The Labute approximate surface area is 135 Å². The lowest BCUT2D eigenvalue weighted by molar-refractivity contribution is 0.553. The van der Waals surface area contributed by atoms with Gasteiger partial charge in [-0.05, 0) is 60.3 Å². The Morgan fingerprint density at radius 3 is 3.00 bits per heavy atom. The minimum Gasteiger partial charge on any atom is -0.313 e. The van der Waals surface area contributed by atoms with Gasteiger partial charge < -0.3 is 5.32 Å². The van der Waals surface area contributed by atoms with Gasteiger partial charge in [0.05, 0.1) is 10.2 Å². The zero-order valence-corrected chi connectivity index (χ0v) is 13.8. The normalized spacial score (nSPS) is 12.7. The number of nitrogens with one attached hydrogen (secondary N) is 1. The molecular weight excluding hydrogens is 351 g/mol. The van der Waals surface area contributed by atoms with Crippen molar-refractivity contribution < 1.29 is 4.39 Å². The monoisotopic (exact) mass is 364 g/mol. The Morgan fingerprint density at radius 1 is 1.33 bits per heavy atom. The molecule has 0 saturated heterocycles. The number of hydrogen-bond acceptors (Lipinski definition) is 3. The van der Waals surface area contributed by atoms with E-state index in [1.54, 1.807) is 17.4 Å². The zero-order valence-electron chi connectivity index (χ0n) is 11.4. The second-order valence-corrected chi connectivity index (χ2v) is 6.72. The predicted octanol–water partition coefficient (Wildman–Crippen LogP) is 4.70. The third kappa shape index (κ3) is 3.15. The second-order valence-electron chi connectivity index (χ2n) is 4.85. The van der Waals surface area contributed by atoms with Crippen LogP contribution in [0.15, 0.2) is 46.4 Å². The van der Waals surface area contributed by atoms with Crippen LogP contribution in [0.25, 0.3) is 10.2 Å². The molecule has 0 spiro atoms. The minimum absolute atomic E-state index is 0.0350. The van der Waals surface area contributed by atoms with Crippen molar-refractivity contribution in [2.24, 2.45) is 0 Å². The molecule has 1 aromatic carbocycles. The van der Waals surface area contributed by atoms with Crippen LogP contribution in [-0.2, 0) is 6.42 Å². The molecule has 2 aromatic heterocycles. The van der Waals surface area contributed by atoms with Crippen LogP contribution in [0.2, 0.25) is 0 Å². The van der Waals surface area contributed by atoms with Crippen molar-refractivity contribution in [1.82, 2.24) is 10.3 Å². The maximum Gasteiger partial charge on any atom is 0.126 e. The molecule has 0 amide bonds. The quantitative estimate of drug-likeness (QED) is 0.725. The van der Waals surface area contributed by atoms with Gasteiger partial charge in [-0.25, -0.2) is 4.39 Å². The highest BCUT2D eigenvalue weighted by Gasteiger charge is 2.14. The van der Waals surface area contributed by atoms with Crippen LogP contribution in [-0.4, -0.2) is 12.0 Å². The fourth-order valence-corrected chi connectivity index (χ4v) is 3.56. The van der Waals surface area contributed by atoms with Gasteiger partial charge in [-0.2, -0.15) is 0 Å². The first-order chi connectivity index (χ1) is 10.2. The number of halogens is 2. The van der Waals surface area contributed by atoms with E-state index in [0.29, 0.717) is 12.0 Å². The van der Waals surface area contributed by atoms with Gasteiger partial charge >= 0.3 is 0 Å². The lowest BCUT2D eigenvalue weighted by Gasteiger charge is -2.17. The van der Waals surface area contributed by atoms with E-state index in [4.69, 9.17) is 0 Å². The van der Waals surface area contributed by atoms with Crippen LogP contribution >= 0.6 is 27.3 Å². The summed E-state index contributed by atoms with van der Waals surface area (Å²) in [4.78, 5) is 4.46. The van der Waals surface area contributed by atoms with Gasteiger partial charge in [-0.1, -0.05) is 15.9 Å². The fraction of sp³-hybridized carbons (Fsp3) is 0.188. The maximum absolute atomic E-state index is 13.9. The molecule has 1 unspecified atom stereocenters. The number of pyridine rings is 1. The summed E-state index contributed by atoms with van der Waals surface area (Å²) >= 11 is 5.06. The summed E-state index contributed by atoms with van der Waals surface area (Å²) in [5.41, 5.74) is 2.77. The van der Waals surface area contributed by atoms with Crippen molar-refractivity contribution in [3.63, 3.8) is 0 Å². The molecule has 3 aromatic rings. The summed E-state index contributed by atoms with van der Waals surface area (Å²) < 4.78 is 16.0. The molecule has 0 fully saturated rings. The first-order valence-electron chi connectivity index (χ1n) is 6.61. The van der Waals surface area contributed by atoms with Crippen LogP contribution in [0, 0.1) is 5.82 Å². The highest BCUT2D eigenvalue weighted by Crippen LogP contribution is 2.26. The van der Waals surface area contributed by atoms with Crippen molar-refractivity contribution in [1.29, 1.82) is 0 Å². The standard InChI is InChI=1S/C16H14BrFN2S/c1-19-15(7-10-6-12(17)2-3-13(10)18)11-8-16-14(20-9-11)4-5-21-16/h2-6,8-9,15,19H,7H2,1H3. The first-order valence-corrected chi connectivity index (χ1v) is 8.29. The summed E-state index contributed by atoms with van der Waals surface area (Å²) in [7, 11) is 1.89. The van der Waals surface area contributed by atoms with Crippen LogP contribution in [0.5, 0.6) is 0 Å². The van der Waals surface area contributed by atoms with E-state index in [0.717, 1.165) is 20.3 Å². The summed E-state index contributed by atoms with van der Waals surface area (Å²) in [5.74, 6) is -0.177. The molecule has 0 aliphatic carbocycles. The Kier molecular flexibility index (Phi) is 4.33. The van der Waals surface area contributed by atoms with E-state index in [9.17, 15) is 4.39 Å². The molecule has 108 valence electrons. The van der Waals surface area contributed by atoms with E-state index in [2.05, 4.69) is 32.3 Å². The van der Waals surface area contributed by atoms with Crippen LogP contribution < -0.4 is 5.32 Å². The van der Waals surface area contributed by atoms with E-state index in [1.807, 2.05) is 30.8 Å². The topological polar surface area (TPSA) is 24.9 Å². The fourth-order valence-electron chi connectivity index (χ4n) is 2.36. The number of benzene rings is 1. The first kappa shape index (κ1) is 14.6. The number of aromatic nitrogens is 1. The van der Waals surface area contributed by atoms with Gasteiger partial charge in [0.1, 0.15) is 5.82 Å². The summed E-state index contributed by atoms with van der Waals surface area (Å²) in [5, 5.41) is 5.28. The largest absolute Gasteiger partial charge is 0.313 e. The molecule has 3 rings (SSSR count). The molecule has 0 radical (unpaired) electrons. The summed E-state index contributed by atoms with van der Waals surface area (Å²) in [6.07, 6.45) is 2.45. The van der Waals surface area contributed by atoms with Crippen molar-refractivity contribution in [3.05, 3.63) is 63.3 Å². The molecule has 2 heterocycles. The third-order valence-electron chi connectivity index (χ3n) is 3.51. The molecule has 0 saturated carbocycles. The molecule has 5 heteroatoms. The minimum atomic E-state index is -0.177. The molecule has 0 aliphatic rings. The van der Waals surface area contributed by atoms with Gasteiger partial charge in [-0.3, -0.25) is 4.98 Å². The predicted molar refractivity (Wildman–Crippen MR) is 89.2 cm³/mol. The molecule has 1 N–H and O–H groups in total. The molecule has 21 heavy (non-hydrogen) atoms. The van der Waals surface area contributed by atoms with Gasteiger partial charge in [0.2, 0.25) is 0 Å². The van der Waals surface area contributed by atoms with Gasteiger partial charge in [0, 0.05) is 16.7 Å². The van der Waals surface area contributed by atoms with Crippen LogP contribution in [0.3, 0.4) is 0 Å². The lowest BCUT2D eigenvalue weighted by atomic mass is 10.00. The number of thiophene rings is 1. The lowest BCUT2D eigenvalue weighted by Crippen LogP contribution is -2.19. The Balaban J connectivity index is 1.92. The molecular formula is C16H14BrFN2S. The molecule has 0 aliphatic heterocycles. The average Bonchev–Trinajstić information content (AvgIpc) is 2.95. The molecule has 2 nitrogen and oxygen atoms in total. The van der Waals surface area contributed by atoms with Gasteiger partial charge in [0.15, 0.2) is 0 Å². The zero-order chi connectivity index (χ0) is 14.8. The van der Waals surface area contributed by atoms with Crippen molar-refractivity contribution >= 4 is 37.5 Å². The van der Waals surface area contributed by atoms with E-state index in [1.165, 1.54) is 6.07 Å². The molecule has 0 bridgehead atoms. The van der Waals surface area contributed by atoms with Crippen LogP contribution in [0.4, 0.5) is 4.39 Å². The Morgan fingerprint density at radius 2 is 2.19 bits per heavy atom. The maximum atomic E-state index is 13.9. The smallest absolute Gasteiger partial charge is 0.126 e. The van der Waals surface area contributed by atoms with Crippen molar-refractivity contribution in [3.8, 4) is 0 Å². The highest BCUT2D eigenvalue weighted by atomic mass is 79.9. The van der Waals surface area contributed by atoms with Crippen molar-refractivity contribution in [2.75, 3.05) is 7.05 Å². The number of likely N-dealkylation sites (N-methyl/N-ethyl adjacent to an activating group) is 1. The number of nitrogens with zero attached hydrogens (tertiary/aromatic N) is 1. The average molecular weight is 365 g/mol. The van der Waals surface area contributed by atoms with Gasteiger partial charge in [0.25, 0.3) is 0 Å². The number of fused-ring (bicyclic) bond motifs is 1. The molecule has 1 atom stereocenters. The number of rotatable bonds is 4. The summed E-state index contributed by atoms with van der Waals surface area (Å²) in [6.45, 7) is 0. The van der Waals surface area contributed by atoms with Gasteiger partial charge in [-0.15, -0.1) is 11.3 Å². The number of hydrogen-bond donors (Lipinski definition) is 1. The SMILES string of the molecule is CNC(Cc1cc(Br)ccc1F)c1cnc2ccsc2c1. The third-order valence-corrected chi connectivity index (χ3v) is 4.85. The van der Waals surface area contributed by atoms with Crippen molar-refractivity contribution in [2.45, 2.75) is 12.5 Å². The Hall–Kier alpha value is -1.30. The van der Waals surface area contributed by atoms with E-state index in [-0.39, 0.29) is 11.9 Å². The van der Waals surface area contributed by atoms with E-state index >= 15 is 0 Å². The second kappa shape index (κ2) is 6.22. The van der Waals surface area contributed by atoms with Crippen LogP contribution in [0.1, 0.15) is 17.2 Å². The highest BCUT2D eigenvalue weighted by molar-refractivity contribution is 9.10.